The Morgan fingerprint density at radius 2 is 1.82 bits per heavy atom. The van der Waals surface area contributed by atoms with Crippen molar-refractivity contribution in [3.05, 3.63) is 66.1 Å². The zero-order valence-corrected chi connectivity index (χ0v) is 12.2. The van der Waals surface area contributed by atoms with E-state index in [1.165, 1.54) is 0 Å². The maximum atomic E-state index is 5.59. The molecule has 0 N–H and O–H groups in total. The molecule has 5 nitrogen and oxygen atoms in total. The van der Waals surface area contributed by atoms with E-state index in [1.807, 2.05) is 48.5 Å². The van der Waals surface area contributed by atoms with E-state index in [4.69, 9.17) is 14.0 Å². The van der Waals surface area contributed by atoms with Crippen molar-refractivity contribution in [1.82, 2.24) is 10.1 Å². The first-order valence-corrected chi connectivity index (χ1v) is 6.93. The smallest absolute Gasteiger partial charge is 0.167 e. The van der Waals surface area contributed by atoms with Crippen LogP contribution in [0.4, 0.5) is 0 Å². The van der Waals surface area contributed by atoms with Gasteiger partial charge in [-0.3, -0.25) is 4.98 Å². The molecule has 3 aromatic rings. The van der Waals surface area contributed by atoms with Gasteiger partial charge in [0.15, 0.2) is 5.76 Å². The minimum Gasteiger partial charge on any atom is -0.497 e. The Hall–Kier alpha value is -2.66. The van der Waals surface area contributed by atoms with Gasteiger partial charge in [0.2, 0.25) is 0 Å². The number of aromatic nitrogens is 2. The zero-order chi connectivity index (χ0) is 15.2. The van der Waals surface area contributed by atoms with Gasteiger partial charge in [-0.05, 0) is 36.4 Å². The summed E-state index contributed by atoms with van der Waals surface area (Å²) in [4.78, 5) is 4.20. The highest BCUT2D eigenvalue weighted by Crippen LogP contribution is 2.23. The average molecular weight is 296 g/mol. The summed E-state index contributed by atoms with van der Waals surface area (Å²) < 4.78 is 16.1. The number of hydrogen-bond donors (Lipinski definition) is 0. The van der Waals surface area contributed by atoms with Crippen molar-refractivity contribution < 1.29 is 14.0 Å². The molecule has 1 aromatic carbocycles. The van der Waals surface area contributed by atoms with Gasteiger partial charge in [-0.15, -0.1) is 0 Å². The Morgan fingerprint density at radius 1 is 1.00 bits per heavy atom. The molecule has 5 heteroatoms. The molecule has 3 rings (SSSR count). The van der Waals surface area contributed by atoms with E-state index in [9.17, 15) is 0 Å². The highest BCUT2D eigenvalue weighted by Gasteiger charge is 2.07. The van der Waals surface area contributed by atoms with Gasteiger partial charge in [0.1, 0.15) is 11.4 Å². The van der Waals surface area contributed by atoms with Gasteiger partial charge in [-0.1, -0.05) is 11.2 Å². The lowest BCUT2D eigenvalue weighted by Crippen LogP contribution is -1.95. The fourth-order valence-corrected chi connectivity index (χ4v) is 2.01. The van der Waals surface area contributed by atoms with Gasteiger partial charge in [-0.25, -0.2) is 0 Å². The van der Waals surface area contributed by atoms with Crippen molar-refractivity contribution in [2.24, 2.45) is 0 Å². The molecule has 0 saturated heterocycles. The predicted octanol–water partition coefficient (Wildman–Crippen LogP) is 3.46. The van der Waals surface area contributed by atoms with Gasteiger partial charge in [-0.2, -0.15) is 0 Å². The fourth-order valence-electron chi connectivity index (χ4n) is 2.01. The van der Waals surface area contributed by atoms with Gasteiger partial charge in [0.25, 0.3) is 0 Å². The Labute approximate surface area is 128 Å². The van der Waals surface area contributed by atoms with E-state index in [-0.39, 0.29) is 0 Å². The number of nitrogens with zero attached hydrogens (tertiary/aromatic N) is 2. The van der Waals surface area contributed by atoms with Crippen LogP contribution in [0.5, 0.6) is 5.75 Å². The molecule has 0 aliphatic rings. The summed E-state index contributed by atoms with van der Waals surface area (Å²) in [6.07, 6.45) is 1.75. The second kappa shape index (κ2) is 6.87. The summed E-state index contributed by atoms with van der Waals surface area (Å²) in [5.41, 5.74) is 2.59. The van der Waals surface area contributed by atoms with Gasteiger partial charge < -0.3 is 14.0 Å². The third-order valence-electron chi connectivity index (χ3n) is 3.16. The molecule has 0 unspecified atom stereocenters. The SMILES string of the molecule is COc1ccc(-c2cc(COCc3ccccn3)no2)cc1. The molecule has 0 aliphatic carbocycles. The normalized spacial score (nSPS) is 10.6. The summed E-state index contributed by atoms with van der Waals surface area (Å²) in [6.45, 7) is 0.835. The maximum Gasteiger partial charge on any atom is 0.167 e. The van der Waals surface area contributed by atoms with Crippen LogP contribution in [-0.2, 0) is 18.0 Å². The highest BCUT2D eigenvalue weighted by molar-refractivity contribution is 5.58. The third-order valence-corrected chi connectivity index (χ3v) is 3.16. The van der Waals surface area contributed by atoms with Crippen LogP contribution in [0, 0.1) is 0 Å². The first-order chi connectivity index (χ1) is 10.8. The van der Waals surface area contributed by atoms with E-state index < -0.39 is 0 Å². The summed E-state index contributed by atoms with van der Waals surface area (Å²) in [5.74, 6) is 1.52. The van der Waals surface area contributed by atoms with Crippen molar-refractivity contribution in [2.75, 3.05) is 7.11 Å². The Bertz CT molecular complexity index is 708. The summed E-state index contributed by atoms with van der Waals surface area (Å²) in [5, 5.41) is 4.01. The molecule has 112 valence electrons. The van der Waals surface area contributed by atoms with E-state index in [0.29, 0.717) is 19.0 Å². The van der Waals surface area contributed by atoms with Crippen LogP contribution in [0.3, 0.4) is 0 Å². The summed E-state index contributed by atoms with van der Waals surface area (Å²) in [6, 6.07) is 15.2. The number of methoxy groups -OCH3 is 1. The van der Waals surface area contributed by atoms with E-state index in [0.717, 1.165) is 22.7 Å². The van der Waals surface area contributed by atoms with E-state index in [2.05, 4.69) is 10.1 Å². The minimum atomic E-state index is 0.385. The Kier molecular flexibility index (Phi) is 4.46. The molecule has 22 heavy (non-hydrogen) atoms. The molecule has 2 aromatic heterocycles. The van der Waals surface area contributed by atoms with Crippen LogP contribution in [0.1, 0.15) is 11.4 Å². The van der Waals surface area contributed by atoms with Gasteiger partial charge >= 0.3 is 0 Å². The monoisotopic (exact) mass is 296 g/mol. The second-order valence-electron chi connectivity index (χ2n) is 4.72. The third kappa shape index (κ3) is 3.51. The molecule has 0 spiro atoms. The second-order valence-corrected chi connectivity index (χ2v) is 4.72. The number of benzene rings is 1. The topological polar surface area (TPSA) is 57.4 Å². The van der Waals surface area contributed by atoms with E-state index in [1.54, 1.807) is 13.3 Å². The average Bonchev–Trinajstić information content (AvgIpc) is 3.05. The largest absolute Gasteiger partial charge is 0.497 e. The molecule has 0 aliphatic heterocycles. The van der Waals surface area contributed by atoms with Crippen LogP contribution in [-0.4, -0.2) is 17.3 Å². The van der Waals surface area contributed by atoms with Crippen LogP contribution in [0.15, 0.2) is 59.3 Å². The van der Waals surface area contributed by atoms with Crippen LogP contribution < -0.4 is 4.74 Å². The lowest BCUT2D eigenvalue weighted by molar-refractivity contribution is 0.0997. The van der Waals surface area contributed by atoms with Crippen molar-refractivity contribution in [3.63, 3.8) is 0 Å². The Morgan fingerprint density at radius 3 is 2.55 bits per heavy atom. The Balaban J connectivity index is 1.58. The van der Waals surface area contributed by atoms with Crippen LogP contribution >= 0.6 is 0 Å². The number of hydrogen-bond acceptors (Lipinski definition) is 5. The molecule has 2 heterocycles. The predicted molar refractivity (Wildman–Crippen MR) is 81.2 cm³/mol. The molecule has 0 saturated carbocycles. The zero-order valence-electron chi connectivity index (χ0n) is 12.2. The summed E-state index contributed by atoms with van der Waals surface area (Å²) in [7, 11) is 1.64. The first-order valence-electron chi connectivity index (χ1n) is 6.93. The highest BCUT2D eigenvalue weighted by atomic mass is 16.5. The number of rotatable bonds is 6. The molecule has 0 amide bonds. The molecule has 0 atom stereocenters. The molecule has 0 bridgehead atoms. The molecular formula is C17H16N2O3. The summed E-state index contributed by atoms with van der Waals surface area (Å²) >= 11 is 0. The lowest BCUT2D eigenvalue weighted by Gasteiger charge is -2.00. The number of ether oxygens (including phenoxy) is 2. The van der Waals surface area contributed by atoms with Crippen LogP contribution in [0.2, 0.25) is 0 Å². The lowest BCUT2D eigenvalue weighted by atomic mass is 10.1. The van der Waals surface area contributed by atoms with Crippen LogP contribution in [0.25, 0.3) is 11.3 Å². The standard InChI is InChI=1S/C17H16N2O3/c1-20-16-7-5-13(6-8-16)17-10-15(19-22-17)12-21-11-14-4-2-3-9-18-14/h2-10H,11-12H2,1H3. The van der Waals surface area contributed by atoms with Crippen molar-refractivity contribution in [2.45, 2.75) is 13.2 Å². The molecule has 0 fully saturated rings. The first kappa shape index (κ1) is 14.3. The molecular weight excluding hydrogens is 280 g/mol. The van der Waals surface area contributed by atoms with Gasteiger partial charge in [0, 0.05) is 17.8 Å². The van der Waals surface area contributed by atoms with E-state index >= 15 is 0 Å². The minimum absolute atomic E-state index is 0.385. The van der Waals surface area contributed by atoms with Crippen molar-refractivity contribution in [3.8, 4) is 17.1 Å². The number of pyridine rings is 1. The van der Waals surface area contributed by atoms with Crippen molar-refractivity contribution in [1.29, 1.82) is 0 Å². The quantitative estimate of drug-likeness (QED) is 0.697. The van der Waals surface area contributed by atoms with Gasteiger partial charge in [0.05, 0.1) is 26.0 Å². The fraction of sp³-hybridized carbons (Fsp3) is 0.176. The maximum absolute atomic E-state index is 5.59. The van der Waals surface area contributed by atoms with Crippen molar-refractivity contribution >= 4 is 0 Å². The molecule has 0 radical (unpaired) electrons.